The van der Waals surface area contributed by atoms with Crippen molar-refractivity contribution in [1.29, 1.82) is 0 Å². The minimum Gasteiger partial charge on any atom is -0.438 e. The van der Waals surface area contributed by atoms with E-state index in [1.54, 1.807) is 12.1 Å². The summed E-state index contributed by atoms with van der Waals surface area (Å²) in [5, 5.41) is 10.6. The lowest BCUT2D eigenvalue weighted by molar-refractivity contribution is -0.385. The lowest BCUT2D eigenvalue weighted by Crippen LogP contribution is -1.92. The van der Waals surface area contributed by atoms with Gasteiger partial charge in [-0.2, -0.15) is 0 Å². The van der Waals surface area contributed by atoms with Crippen LogP contribution in [0.25, 0.3) is 0 Å². The summed E-state index contributed by atoms with van der Waals surface area (Å²) in [5.74, 6) is 0.742. The van der Waals surface area contributed by atoms with Gasteiger partial charge in [0.2, 0.25) is 5.88 Å². The van der Waals surface area contributed by atoms with Crippen molar-refractivity contribution in [3.63, 3.8) is 0 Å². The van der Waals surface area contributed by atoms with Gasteiger partial charge in [0, 0.05) is 12.3 Å². The molecule has 1 aromatic heterocycles. The number of aromatic nitrogens is 1. The maximum absolute atomic E-state index is 10.6. The Morgan fingerprint density at radius 3 is 2.76 bits per heavy atom. The Morgan fingerprint density at radius 1 is 1.29 bits per heavy atom. The van der Waals surface area contributed by atoms with Gasteiger partial charge in [0.05, 0.1) is 15.5 Å². The van der Waals surface area contributed by atoms with Gasteiger partial charge in [-0.15, -0.1) is 0 Å². The Morgan fingerprint density at radius 2 is 2.06 bits per heavy atom. The third-order valence-corrected chi connectivity index (χ3v) is 2.64. The van der Waals surface area contributed by atoms with Crippen LogP contribution in [0.4, 0.5) is 5.69 Å². The van der Waals surface area contributed by atoms with E-state index < -0.39 is 4.92 Å². The lowest BCUT2D eigenvalue weighted by Gasteiger charge is -2.05. The van der Waals surface area contributed by atoms with Crippen LogP contribution in [0.2, 0.25) is 0 Å². The summed E-state index contributed by atoms with van der Waals surface area (Å²) in [6, 6.07) is 9.79. The smallest absolute Gasteiger partial charge is 0.276 e. The fourth-order valence-corrected chi connectivity index (χ4v) is 1.57. The Balaban J connectivity index is 2.28. The highest BCUT2D eigenvalue weighted by molar-refractivity contribution is 9.10. The maximum atomic E-state index is 10.6. The zero-order valence-electron chi connectivity index (χ0n) is 8.54. The molecule has 2 rings (SSSR count). The van der Waals surface area contributed by atoms with E-state index in [0.29, 0.717) is 5.75 Å². The molecule has 0 atom stereocenters. The van der Waals surface area contributed by atoms with Crippen LogP contribution in [0.1, 0.15) is 0 Å². The van der Waals surface area contributed by atoms with Crippen molar-refractivity contribution in [3.05, 3.63) is 57.2 Å². The van der Waals surface area contributed by atoms with Crippen LogP contribution in [-0.4, -0.2) is 9.91 Å². The fraction of sp³-hybridized carbons (Fsp3) is 0. The van der Waals surface area contributed by atoms with Gasteiger partial charge in [-0.1, -0.05) is 12.1 Å². The van der Waals surface area contributed by atoms with E-state index in [4.69, 9.17) is 4.74 Å². The van der Waals surface area contributed by atoms with Crippen molar-refractivity contribution >= 4 is 21.6 Å². The first-order valence-electron chi connectivity index (χ1n) is 4.69. The summed E-state index contributed by atoms with van der Waals surface area (Å²) in [6.07, 6.45) is 1.34. The summed E-state index contributed by atoms with van der Waals surface area (Å²) in [6.45, 7) is 0. The summed E-state index contributed by atoms with van der Waals surface area (Å²) >= 11 is 3.31. The molecule has 0 aliphatic rings. The van der Waals surface area contributed by atoms with Gasteiger partial charge in [-0.3, -0.25) is 10.1 Å². The van der Waals surface area contributed by atoms with Crippen LogP contribution in [0.5, 0.6) is 11.6 Å². The van der Waals surface area contributed by atoms with Gasteiger partial charge >= 0.3 is 0 Å². The van der Waals surface area contributed by atoms with E-state index in [1.165, 1.54) is 18.3 Å². The molecule has 17 heavy (non-hydrogen) atoms. The molecule has 0 spiro atoms. The Bertz CT molecular complexity index is 560. The summed E-state index contributed by atoms with van der Waals surface area (Å²) in [5.41, 5.74) is -0.0537. The number of benzene rings is 1. The van der Waals surface area contributed by atoms with Crippen molar-refractivity contribution in [2.75, 3.05) is 0 Å². The quantitative estimate of drug-likeness (QED) is 0.641. The number of halogens is 1. The largest absolute Gasteiger partial charge is 0.438 e. The SMILES string of the molecule is O=[N+]([O-])c1ccnc(Oc2ccccc2Br)c1. The monoisotopic (exact) mass is 294 g/mol. The van der Waals surface area contributed by atoms with Gasteiger partial charge in [0.25, 0.3) is 5.69 Å². The highest BCUT2D eigenvalue weighted by atomic mass is 79.9. The Kier molecular flexibility index (Phi) is 3.34. The van der Waals surface area contributed by atoms with Crippen LogP contribution < -0.4 is 4.74 Å². The zero-order chi connectivity index (χ0) is 12.3. The highest BCUT2D eigenvalue weighted by Gasteiger charge is 2.09. The molecule has 0 aliphatic carbocycles. The van der Waals surface area contributed by atoms with Gasteiger partial charge in [-0.25, -0.2) is 4.98 Å². The van der Waals surface area contributed by atoms with Gasteiger partial charge < -0.3 is 4.74 Å². The van der Waals surface area contributed by atoms with Crippen molar-refractivity contribution < 1.29 is 9.66 Å². The van der Waals surface area contributed by atoms with Crippen LogP contribution in [0.15, 0.2) is 47.1 Å². The summed E-state index contributed by atoms with van der Waals surface area (Å²) < 4.78 is 6.20. The molecule has 6 heteroatoms. The third-order valence-electron chi connectivity index (χ3n) is 1.98. The second-order valence-corrected chi connectivity index (χ2v) is 4.00. The first-order chi connectivity index (χ1) is 8.16. The molecule has 0 unspecified atom stereocenters. The molecule has 0 aliphatic heterocycles. The summed E-state index contributed by atoms with van der Waals surface area (Å²) in [7, 11) is 0. The van der Waals surface area contributed by atoms with Crippen molar-refractivity contribution in [2.45, 2.75) is 0 Å². The standard InChI is InChI=1S/C11H7BrN2O3/c12-9-3-1-2-4-10(9)17-11-7-8(14(15)16)5-6-13-11/h1-7H. The number of rotatable bonds is 3. The van der Waals surface area contributed by atoms with E-state index in [9.17, 15) is 10.1 Å². The van der Waals surface area contributed by atoms with E-state index in [0.717, 1.165) is 4.47 Å². The molecule has 0 fully saturated rings. The minimum absolute atomic E-state index is 0.0537. The molecule has 1 heterocycles. The number of hydrogen-bond acceptors (Lipinski definition) is 4. The first kappa shape index (κ1) is 11.5. The van der Waals surface area contributed by atoms with Crippen molar-refractivity contribution in [1.82, 2.24) is 4.98 Å². The second-order valence-electron chi connectivity index (χ2n) is 3.14. The molecule has 86 valence electrons. The van der Waals surface area contributed by atoms with Gasteiger partial charge in [-0.05, 0) is 28.1 Å². The lowest BCUT2D eigenvalue weighted by atomic mass is 10.3. The van der Waals surface area contributed by atoms with Crippen LogP contribution in [0, 0.1) is 10.1 Å². The molecule has 0 radical (unpaired) electrons. The molecule has 1 aromatic carbocycles. The Labute approximate surface area is 105 Å². The average molecular weight is 295 g/mol. The van der Waals surface area contributed by atoms with Crippen molar-refractivity contribution in [2.24, 2.45) is 0 Å². The summed E-state index contributed by atoms with van der Waals surface area (Å²) in [4.78, 5) is 14.0. The first-order valence-corrected chi connectivity index (χ1v) is 5.49. The van der Waals surface area contributed by atoms with Crippen molar-refractivity contribution in [3.8, 4) is 11.6 Å². The molecule has 0 N–H and O–H groups in total. The second kappa shape index (κ2) is 4.92. The van der Waals surface area contributed by atoms with Crippen LogP contribution in [0.3, 0.4) is 0 Å². The normalized spacial score (nSPS) is 9.94. The number of ether oxygens (including phenoxy) is 1. The fourth-order valence-electron chi connectivity index (χ4n) is 1.21. The maximum Gasteiger partial charge on any atom is 0.276 e. The number of para-hydroxylation sites is 1. The number of hydrogen-bond donors (Lipinski definition) is 0. The molecular weight excluding hydrogens is 288 g/mol. The zero-order valence-corrected chi connectivity index (χ0v) is 10.1. The predicted molar refractivity (Wildman–Crippen MR) is 65.1 cm³/mol. The molecular formula is C11H7BrN2O3. The highest BCUT2D eigenvalue weighted by Crippen LogP contribution is 2.29. The molecule has 2 aromatic rings. The Hall–Kier alpha value is -1.95. The van der Waals surface area contributed by atoms with Gasteiger partial charge in [0.15, 0.2) is 0 Å². The minimum atomic E-state index is -0.491. The molecule has 0 amide bonds. The molecule has 0 bridgehead atoms. The van der Waals surface area contributed by atoms with Crippen LogP contribution >= 0.6 is 15.9 Å². The average Bonchev–Trinajstić information content (AvgIpc) is 2.32. The number of nitrogens with zero attached hydrogens (tertiary/aromatic N) is 2. The van der Waals surface area contributed by atoms with E-state index in [1.807, 2.05) is 12.1 Å². The van der Waals surface area contributed by atoms with E-state index >= 15 is 0 Å². The van der Waals surface area contributed by atoms with Gasteiger partial charge in [0.1, 0.15) is 5.75 Å². The predicted octanol–water partition coefficient (Wildman–Crippen LogP) is 3.54. The topological polar surface area (TPSA) is 65.3 Å². The van der Waals surface area contributed by atoms with E-state index in [2.05, 4.69) is 20.9 Å². The molecule has 0 saturated heterocycles. The number of pyridine rings is 1. The number of nitro groups is 1. The molecule has 0 saturated carbocycles. The molecule has 5 nitrogen and oxygen atoms in total. The third kappa shape index (κ3) is 2.79. The van der Waals surface area contributed by atoms with E-state index in [-0.39, 0.29) is 11.6 Å². The van der Waals surface area contributed by atoms with Crippen LogP contribution in [-0.2, 0) is 0 Å².